The maximum absolute atomic E-state index is 10.8. The summed E-state index contributed by atoms with van der Waals surface area (Å²) >= 11 is 0. The van der Waals surface area contributed by atoms with E-state index in [1.807, 2.05) is 24.3 Å². The van der Waals surface area contributed by atoms with Crippen LogP contribution in [0.2, 0.25) is 0 Å². The third-order valence-corrected chi connectivity index (χ3v) is 10.00. The number of phenolic OH excluding ortho intramolecular Hbond substituents is 1. The van der Waals surface area contributed by atoms with Crippen molar-refractivity contribution in [3.05, 3.63) is 93.8 Å². The fourth-order valence-electron chi connectivity index (χ4n) is 7.48. The van der Waals surface area contributed by atoms with Crippen molar-refractivity contribution < 1.29 is 28.8 Å². The molecule has 0 aromatic heterocycles. The number of aromatic hydroxyl groups is 1. The third-order valence-electron chi connectivity index (χ3n) is 10.00. The number of benzene rings is 3. The Bertz CT molecular complexity index is 1660. The molecule has 4 aliphatic heterocycles. The average molecular weight is 611 g/mol. The molecule has 3 aromatic rings. The zero-order valence-electron chi connectivity index (χ0n) is 26.8. The molecule has 0 saturated carbocycles. The number of hydrogen-bond acceptors (Lipinski definition) is 8. The lowest BCUT2D eigenvalue weighted by Crippen LogP contribution is -2.43. The van der Waals surface area contributed by atoms with E-state index in [4.69, 9.17) is 23.7 Å². The van der Waals surface area contributed by atoms with Crippen LogP contribution in [0, 0.1) is 0 Å². The van der Waals surface area contributed by atoms with E-state index in [0.29, 0.717) is 35.2 Å². The first kappa shape index (κ1) is 29.6. The first-order valence-electron chi connectivity index (χ1n) is 15.8. The van der Waals surface area contributed by atoms with Crippen LogP contribution in [0.15, 0.2) is 71.5 Å². The molecule has 1 aliphatic carbocycles. The van der Waals surface area contributed by atoms with E-state index in [-0.39, 0.29) is 23.9 Å². The molecule has 8 rings (SSSR count). The van der Waals surface area contributed by atoms with Gasteiger partial charge < -0.3 is 28.8 Å². The lowest BCUT2D eigenvalue weighted by atomic mass is 9.82. The molecule has 0 saturated heterocycles. The zero-order chi connectivity index (χ0) is 31.2. The van der Waals surface area contributed by atoms with Gasteiger partial charge in [0.05, 0.1) is 21.3 Å². The van der Waals surface area contributed by atoms with Gasteiger partial charge in [-0.1, -0.05) is 18.2 Å². The number of nitrogens with zero attached hydrogens (tertiary/aromatic N) is 2. The Hall–Kier alpha value is -4.14. The molecule has 1 unspecified atom stereocenters. The summed E-state index contributed by atoms with van der Waals surface area (Å²) in [6, 6.07) is 16.2. The average Bonchev–Trinajstić information content (AvgIpc) is 3.05. The molecule has 45 heavy (non-hydrogen) atoms. The Morgan fingerprint density at radius 2 is 1.53 bits per heavy atom. The van der Waals surface area contributed by atoms with E-state index in [2.05, 4.69) is 48.2 Å². The second-order valence-electron chi connectivity index (χ2n) is 12.6. The molecule has 4 heterocycles. The molecular formula is C37H42N2O6. The normalized spacial score (nSPS) is 23.1. The smallest absolute Gasteiger partial charge is 0.203 e. The van der Waals surface area contributed by atoms with E-state index >= 15 is 0 Å². The quantitative estimate of drug-likeness (QED) is 0.375. The summed E-state index contributed by atoms with van der Waals surface area (Å²) in [6.45, 7) is 1.86. The van der Waals surface area contributed by atoms with Crippen molar-refractivity contribution >= 4 is 0 Å². The Kier molecular flexibility index (Phi) is 7.88. The number of likely N-dealkylation sites (N-methyl/N-ethyl adjacent to an activating group) is 2. The van der Waals surface area contributed by atoms with Crippen LogP contribution in [0.1, 0.15) is 41.1 Å². The van der Waals surface area contributed by atoms with Crippen LogP contribution in [0.25, 0.3) is 0 Å². The van der Waals surface area contributed by atoms with E-state index in [0.717, 1.165) is 55.7 Å². The lowest BCUT2D eigenvalue weighted by molar-refractivity contribution is 0.125. The van der Waals surface area contributed by atoms with Gasteiger partial charge in [0.25, 0.3) is 0 Å². The van der Waals surface area contributed by atoms with Crippen molar-refractivity contribution in [2.45, 2.75) is 50.3 Å². The summed E-state index contributed by atoms with van der Waals surface area (Å²) in [5.41, 5.74) is 7.28. The van der Waals surface area contributed by atoms with Crippen molar-refractivity contribution in [2.75, 3.05) is 48.5 Å². The highest BCUT2D eigenvalue weighted by Crippen LogP contribution is 2.50. The monoisotopic (exact) mass is 610 g/mol. The second kappa shape index (κ2) is 12.0. The topological polar surface area (TPSA) is 72.9 Å². The standard InChI is InChI=1S/C37H42N2O6/c1-38-14-12-24-19-32(41-3)33-21-27(24)28(38)16-22-6-9-26(10-7-22)44-31-18-23(8-11-30(31)40)17-29-35-25(13-15-39(29)2)20-34(42-4)36(43-5)37(35)45-33/h6-11,18-20,28-29,33,40H,12-17,21H2,1-5H3/t28-,29+,33?/m0/s1. The molecule has 0 radical (unpaired) electrons. The number of allylic oxidation sites excluding steroid dienone is 1. The van der Waals surface area contributed by atoms with Gasteiger partial charge in [-0.3, -0.25) is 9.80 Å². The highest BCUT2D eigenvalue weighted by atomic mass is 16.6. The van der Waals surface area contributed by atoms with Gasteiger partial charge in [0.2, 0.25) is 5.75 Å². The zero-order valence-corrected chi connectivity index (χ0v) is 26.8. The molecule has 3 atom stereocenters. The van der Waals surface area contributed by atoms with Gasteiger partial charge in [-0.15, -0.1) is 0 Å². The number of ether oxygens (including phenoxy) is 5. The van der Waals surface area contributed by atoms with Gasteiger partial charge in [0.15, 0.2) is 29.1 Å². The van der Waals surface area contributed by atoms with Crippen LogP contribution in [0.5, 0.6) is 34.5 Å². The van der Waals surface area contributed by atoms with E-state index in [1.165, 1.54) is 22.3 Å². The molecule has 236 valence electrons. The fourth-order valence-corrected chi connectivity index (χ4v) is 7.48. The molecular weight excluding hydrogens is 568 g/mol. The van der Waals surface area contributed by atoms with E-state index in [1.54, 1.807) is 27.4 Å². The highest BCUT2D eigenvalue weighted by Gasteiger charge is 2.38. The van der Waals surface area contributed by atoms with Crippen molar-refractivity contribution in [1.29, 1.82) is 0 Å². The first-order chi connectivity index (χ1) is 21.9. The van der Waals surface area contributed by atoms with Gasteiger partial charge in [0.1, 0.15) is 11.5 Å². The minimum Gasteiger partial charge on any atom is -0.504 e. The molecule has 6 bridgehead atoms. The van der Waals surface area contributed by atoms with Crippen LogP contribution in [-0.4, -0.2) is 75.6 Å². The Balaban J connectivity index is 1.42. The molecule has 0 amide bonds. The second-order valence-corrected chi connectivity index (χ2v) is 12.6. The van der Waals surface area contributed by atoms with E-state index < -0.39 is 0 Å². The number of hydrogen-bond donors (Lipinski definition) is 1. The number of rotatable bonds is 3. The predicted molar refractivity (Wildman–Crippen MR) is 173 cm³/mol. The van der Waals surface area contributed by atoms with Gasteiger partial charge in [0, 0.05) is 37.2 Å². The van der Waals surface area contributed by atoms with Crippen molar-refractivity contribution in [3.8, 4) is 34.5 Å². The van der Waals surface area contributed by atoms with Crippen molar-refractivity contribution in [3.63, 3.8) is 0 Å². The molecule has 3 aromatic carbocycles. The Morgan fingerprint density at radius 1 is 0.800 bits per heavy atom. The number of methoxy groups -OCH3 is 3. The SMILES string of the molecule is COC1=CC2=C3CC1Oc1c(OC)c(OC)cc4c1[C@@H](Cc1ccc(O)c(c1)Oc1ccc(cc1)C[C@@H]3N(C)CC2)N(C)CC4. The first-order valence-corrected chi connectivity index (χ1v) is 15.8. The predicted octanol–water partition coefficient (Wildman–Crippen LogP) is 6.21. The molecule has 8 nitrogen and oxygen atoms in total. The van der Waals surface area contributed by atoms with Crippen molar-refractivity contribution in [2.24, 2.45) is 0 Å². The van der Waals surface area contributed by atoms with Gasteiger partial charge in [-0.2, -0.15) is 0 Å². The largest absolute Gasteiger partial charge is 0.504 e. The minimum absolute atomic E-state index is 0.0129. The summed E-state index contributed by atoms with van der Waals surface area (Å²) in [4.78, 5) is 4.82. The van der Waals surface area contributed by atoms with Crippen LogP contribution in [-0.2, 0) is 24.0 Å². The minimum atomic E-state index is -0.323. The van der Waals surface area contributed by atoms with Crippen molar-refractivity contribution in [1.82, 2.24) is 9.80 Å². The Morgan fingerprint density at radius 3 is 2.29 bits per heavy atom. The van der Waals surface area contributed by atoms with Crippen LogP contribution in [0.3, 0.4) is 0 Å². The molecule has 0 spiro atoms. The molecule has 0 fully saturated rings. The lowest BCUT2D eigenvalue weighted by Gasteiger charge is -2.41. The molecule has 1 N–H and O–H groups in total. The summed E-state index contributed by atoms with van der Waals surface area (Å²) in [5.74, 6) is 4.03. The maximum Gasteiger partial charge on any atom is 0.203 e. The molecule has 5 aliphatic rings. The highest BCUT2D eigenvalue weighted by molar-refractivity contribution is 5.62. The van der Waals surface area contributed by atoms with Crippen LogP contribution >= 0.6 is 0 Å². The molecule has 8 heteroatoms. The number of fused-ring (bicyclic) bond motifs is 2. The van der Waals surface area contributed by atoms with E-state index in [9.17, 15) is 5.11 Å². The van der Waals surface area contributed by atoms with Crippen LogP contribution in [0.4, 0.5) is 0 Å². The summed E-state index contributed by atoms with van der Waals surface area (Å²) in [5, 5.41) is 10.8. The van der Waals surface area contributed by atoms with Gasteiger partial charge >= 0.3 is 0 Å². The maximum atomic E-state index is 10.8. The van der Waals surface area contributed by atoms with Gasteiger partial charge in [-0.25, -0.2) is 0 Å². The summed E-state index contributed by atoms with van der Waals surface area (Å²) in [6.07, 6.45) is 5.99. The summed E-state index contributed by atoms with van der Waals surface area (Å²) < 4.78 is 31.3. The fraction of sp³-hybridized carbons (Fsp3) is 0.405. The third kappa shape index (κ3) is 5.40. The number of phenols is 1. The van der Waals surface area contributed by atoms with Crippen LogP contribution < -0.4 is 18.9 Å². The Labute approximate surface area is 265 Å². The summed E-state index contributed by atoms with van der Waals surface area (Å²) in [7, 11) is 9.45. The van der Waals surface area contributed by atoms with Gasteiger partial charge in [-0.05, 0) is 104 Å².